The largest absolute Gasteiger partial charge is 0.360 e. The Bertz CT molecular complexity index is 626. The fraction of sp³-hybridized carbons (Fsp3) is 0. The third-order valence-corrected chi connectivity index (χ3v) is 3.05. The van der Waals surface area contributed by atoms with Crippen molar-refractivity contribution >= 4 is 22.5 Å². The van der Waals surface area contributed by atoms with Crippen LogP contribution in [0.4, 0.5) is 0 Å². The van der Waals surface area contributed by atoms with Crippen LogP contribution in [0.15, 0.2) is 54.7 Å². The summed E-state index contributed by atoms with van der Waals surface area (Å²) in [7, 11) is 0. The minimum Gasteiger partial charge on any atom is -0.360 e. The molecule has 3 aromatic rings. The highest BCUT2D eigenvalue weighted by molar-refractivity contribution is 6.35. The Kier molecular flexibility index (Phi) is 2.19. The van der Waals surface area contributed by atoms with E-state index >= 15 is 0 Å². The van der Waals surface area contributed by atoms with Crippen molar-refractivity contribution in [2.75, 3.05) is 0 Å². The summed E-state index contributed by atoms with van der Waals surface area (Å²) in [6.07, 6.45) is 1.82. The van der Waals surface area contributed by atoms with E-state index in [0.717, 1.165) is 15.9 Å². The van der Waals surface area contributed by atoms with Gasteiger partial charge in [0.15, 0.2) is 0 Å². The minimum atomic E-state index is 0.771. The second kappa shape index (κ2) is 3.69. The highest BCUT2D eigenvalue weighted by atomic mass is 35.5. The van der Waals surface area contributed by atoms with E-state index < -0.39 is 0 Å². The van der Waals surface area contributed by atoms with Gasteiger partial charge in [-0.15, -0.1) is 0 Å². The maximum Gasteiger partial charge on any atom is 0.0659 e. The zero-order valence-electron chi connectivity index (χ0n) is 8.57. The number of halogens is 1. The van der Waals surface area contributed by atoms with E-state index in [9.17, 15) is 0 Å². The highest BCUT2D eigenvalue weighted by Gasteiger charge is 2.03. The molecule has 0 amide bonds. The highest BCUT2D eigenvalue weighted by Crippen LogP contribution is 2.28. The summed E-state index contributed by atoms with van der Waals surface area (Å²) in [5, 5.41) is 1.84. The number of benzene rings is 2. The molecule has 1 N–H and O–H groups in total. The molecule has 0 saturated carbocycles. The lowest BCUT2D eigenvalue weighted by Crippen LogP contribution is -1.76. The first kappa shape index (κ1) is 9.49. The van der Waals surface area contributed by atoms with Crippen LogP contribution in [0.5, 0.6) is 0 Å². The smallest absolute Gasteiger partial charge is 0.0659 e. The normalized spacial score (nSPS) is 10.8. The molecule has 0 aliphatic carbocycles. The number of nitrogens with one attached hydrogen (secondary N) is 1. The lowest BCUT2D eigenvalue weighted by atomic mass is 10.0. The second-order valence-electron chi connectivity index (χ2n) is 3.76. The zero-order valence-corrected chi connectivity index (χ0v) is 9.33. The molecule has 1 nitrogen and oxygen atoms in total. The van der Waals surface area contributed by atoms with Crippen molar-refractivity contribution in [2.45, 2.75) is 0 Å². The Morgan fingerprint density at radius 2 is 1.69 bits per heavy atom. The van der Waals surface area contributed by atoms with Crippen LogP contribution in [0.2, 0.25) is 5.02 Å². The number of aromatic nitrogens is 1. The van der Waals surface area contributed by atoms with Gasteiger partial charge in [0.25, 0.3) is 0 Å². The van der Waals surface area contributed by atoms with Crippen molar-refractivity contribution in [1.82, 2.24) is 4.98 Å². The zero-order chi connectivity index (χ0) is 11.0. The van der Waals surface area contributed by atoms with Crippen molar-refractivity contribution in [3.8, 4) is 11.1 Å². The van der Waals surface area contributed by atoms with Crippen LogP contribution in [-0.4, -0.2) is 4.98 Å². The number of aromatic amines is 1. The molecular formula is C14H10ClN. The third-order valence-electron chi connectivity index (χ3n) is 2.74. The number of hydrogen-bond donors (Lipinski definition) is 1. The molecule has 3 rings (SSSR count). The first-order valence-electron chi connectivity index (χ1n) is 5.17. The first-order valence-corrected chi connectivity index (χ1v) is 5.54. The van der Waals surface area contributed by atoms with Crippen LogP contribution in [0.25, 0.3) is 22.0 Å². The van der Waals surface area contributed by atoms with E-state index in [4.69, 9.17) is 11.6 Å². The summed E-state index contributed by atoms with van der Waals surface area (Å²) in [5.74, 6) is 0. The van der Waals surface area contributed by atoms with Crippen molar-refractivity contribution in [3.63, 3.8) is 0 Å². The predicted octanol–water partition coefficient (Wildman–Crippen LogP) is 4.49. The summed E-state index contributed by atoms with van der Waals surface area (Å²) < 4.78 is 0. The van der Waals surface area contributed by atoms with Gasteiger partial charge in [-0.2, -0.15) is 0 Å². The molecule has 0 bridgehead atoms. The number of fused-ring (bicyclic) bond motifs is 1. The van der Waals surface area contributed by atoms with E-state index in [2.05, 4.69) is 35.3 Å². The fourth-order valence-corrected chi connectivity index (χ4v) is 2.11. The molecule has 0 aliphatic rings. The van der Waals surface area contributed by atoms with Gasteiger partial charge in [0.05, 0.1) is 5.02 Å². The lowest BCUT2D eigenvalue weighted by molar-refractivity contribution is 1.48. The van der Waals surface area contributed by atoms with Crippen LogP contribution < -0.4 is 0 Å². The standard InChI is InChI=1S/C14H10ClN/c15-13-9-16-14-7-6-11(8-12(13)14)10-4-2-1-3-5-10/h1-9,16H. The summed E-state index contributed by atoms with van der Waals surface area (Å²) in [6, 6.07) is 16.6. The average Bonchev–Trinajstić information content (AvgIpc) is 2.72. The van der Waals surface area contributed by atoms with Gasteiger partial charge in [0.2, 0.25) is 0 Å². The number of hydrogen-bond acceptors (Lipinski definition) is 0. The first-order chi connectivity index (χ1) is 7.84. The summed E-state index contributed by atoms with van der Waals surface area (Å²) in [5.41, 5.74) is 3.47. The molecule has 0 unspecified atom stereocenters. The molecule has 1 aromatic heterocycles. The fourth-order valence-electron chi connectivity index (χ4n) is 1.90. The quantitative estimate of drug-likeness (QED) is 0.631. The summed E-state index contributed by atoms with van der Waals surface area (Å²) in [6.45, 7) is 0. The Labute approximate surface area is 98.7 Å². The van der Waals surface area contributed by atoms with Crippen LogP contribution in [0, 0.1) is 0 Å². The van der Waals surface area contributed by atoms with Gasteiger partial charge in [0, 0.05) is 17.1 Å². The number of H-pyrrole nitrogens is 1. The van der Waals surface area contributed by atoms with Crippen molar-refractivity contribution in [1.29, 1.82) is 0 Å². The Hall–Kier alpha value is -1.73. The predicted molar refractivity (Wildman–Crippen MR) is 68.7 cm³/mol. The SMILES string of the molecule is Clc1c[nH]c2ccc(-c3ccccc3)cc12. The van der Waals surface area contributed by atoms with Crippen LogP contribution >= 0.6 is 11.6 Å². The molecule has 0 fully saturated rings. The van der Waals surface area contributed by atoms with Gasteiger partial charge in [0.1, 0.15) is 0 Å². The molecule has 0 aliphatic heterocycles. The van der Waals surface area contributed by atoms with E-state index in [-0.39, 0.29) is 0 Å². The summed E-state index contributed by atoms with van der Waals surface area (Å²) >= 11 is 6.10. The van der Waals surface area contributed by atoms with E-state index in [1.165, 1.54) is 11.1 Å². The minimum absolute atomic E-state index is 0.771. The van der Waals surface area contributed by atoms with Gasteiger partial charge >= 0.3 is 0 Å². The molecular weight excluding hydrogens is 218 g/mol. The van der Waals surface area contributed by atoms with Crippen LogP contribution in [0.3, 0.4) is 0 Å². The molecule has 0 spiro atoms. The maximum absolute atomic E-state index is 6.10. The molecule has 78 valence electrons. The van der Waals surface area contributed by atoms with Crippen LogP contribution in [0.1, 0.15) is 0 Å². The van der Waals surface area contributed by atoms with E-state index in [0.29, 0.717) is 0 Å². The van der Waals surface area contributed by atoms with Gasteiger partial charge in [-0.05, 0) is 23.3 Å². The Morgan fingerprint density at radius 3 is 2.50 bits per heavy atom. The molecule has 2 heteroatoms. The van der Waals surface area contributed by atoms with Crippen LogP contribution in [-0.2, 0) is 0 Å². The second-order valence-corrected chi connectivity index (χ2v) is 4.17. The lowest BCUT2D eigenvalue weighted by Gasteiger charge is -2.01. The van der Waals surface area contributed by atoms with E-state index in [1.54, 1.807) is 0 Å². The summed E-state index contributed by atoms with van der Waals surface area (Å²) in [4.78, 5) is 3.13. The number of rotatable bonds is 1. The molecule has 2 aromatic carbocycles. The van der Waals surface area contributed by atoms with E-state index in [1.807, 2.05) is 24.4 Å². The van der Waals surface area contributed by atoms with Gasteiger partial charge in [-0.3, -0.25) is 0 Å². The molecule has 0 atom stereocenters. The molecule has 1 heterocycles. The van der Waals surface area contributed by atoms with Crippen molar-refractivity contribution in [2.24, 2.45) is 0 Å². The molecule has 0 radical (unpaired) electrons. The van der Waals surface area contributed by atoms with Crippen molar-refractivity contribution < 1.29 is 0 Å². The topological polar surface area (TPSA) is 15.8 Å². The Morgan fingerprint density at radius 1 is 0.875 bits per heavy atom. The Balaban J connectivity index is 2.22. The van der Waals surface area contributed by atoms with Crippen molar-refractivity contribution in [3.05, 3.63) is 59.8 Å². The average molecular weight is 228 g/mol. The monoisotopic (exact) mass is 227 g/mol. The molecule has 0 saturated heterocycles. The van der Waals surface area contributed by atoms with Gasteiger partial charge in [-0.1, -0.05) is 48.0 Å². The third kappa shape index (κ3) is 1.50. The van der Waals surface area contributed by atoms with Gasteiger partial charge in [-0.25, -0.2) is 0 Å². The molecule has 16 heavy (non-hydrogen) atoms. The van der Waals surface area contributed by atoms with Gasteiger partial charge < -0.3 is 4.98 Å². The maximum atomic E-state index is 6.10.